The minimum atomic E-state index is -0.607. The van der Waals surface area contributed by atoms with Crippen LogP contribution in [0.5, 0.6) is 5.75 Å². The fraction of sp³-hybridized carbons (Fsp3) is 0.292. The molecule has 0 radical (unpaired) electrons. The molecule has 32 heavy (non-hydrogen) atoms. The minimum absolute atomic E-state index is 0.0782. The smallest absolute Gasteiger partial charge is 0.268 e. The molecule has 2 heterocycles. The first-order chi connectivity index (χ1) is 15.6. The number of thiazole rings is 1. The number of rotatable bonds is 8. The van der Waals surface area contributed by atoms with Crippen LogP contribution in [-0.4, -0.2) is 49.7 Å². The van der Waals surface area contributed by atoms with Gasteiger partial charge in [0.25, 0.3) is 5.91 Å². The molecule has 166 valence electrons. The lowest BCUT2D eigenvalue weighted by Crippen LogP contribution is -2.49. The highest BCUT2D eigenvalue weighted by atomic mass is 32.1. The van der Waals surface area contributed by atoms with Crippen LogP contribution in [0.1, 0.15) is 13.3 Å². The lowest BCUT2D eigenvalue weighted by atomic mass is 10.1. The topological polar surface area (TPSA) is 80.8 Å². The SMILES string of the molecule is CCC1Oc2ccc(-c3csc(-c4ccccc4)n3)cc2N(CC(=O)NCCOC)C1=O. The molecule has 1 atom stereocenters. The van der Waals surface area contributed by atoms with Gasteiger partial charge in [-0.2, -0.15) is 0 Å². The molecule has 0 saturated carbocycles. The summed E-state index contributed by atoms with van der Waals surface area (Å²) in [5, 5.41) is 5.69. The molecule has 1 unspecified atom stereocenters. The number of hydrogen-bond acceptors (Lipinski definition) is 6. The van der Waals surface area contributed by atoms with E-state index >= 15 is 0 Å². The number of nitrogens with zero attached hydrogens (tertiary/aromatic N) is 2. The number of carbonyl (C=O) groups is 2. The minimum Gasteiger partial charge on any atom is -0.478 e. The van der Waals surface area contributed by atoms with Gasteiger partial charge in [-0.1, -0.05) is 37.3 Å². The molecule has 0 fully saturated rings. The third kappa shape index (κ3) is 4.66. The van der Waals surface area contributed by atoms with Crippen molar-refractivity contribution in [2.75, 3.05) is 31.7 Å². The largest absolute Gasteiger partial charge is 0.478 e. The van der Waals surface area contributed by atoms with Gasteiger partial charge in [0, 0.05) is 30.2 Å². The summed E-state index contributed by atoms with van der Waals surface area (Å²) in [5.41, 5.74) is 3.30. The second-order valence-corrected chi connectivity index (χ2v) is 8.23. The predicted octanol–water partition coefficient (Wildman–Crippen LogP) is 3.74. The first-order valence-corrected chi connectivity index (χ1v) is 11.4. The van der Waals surface area contributed by atoms with Crippen LogP contribution in [0.3, 0.4) is 0 Å². The molecule has 7 nitrogen and oxygen atoms in total. The third-order valence-corrected chi connectivity index (χ3v) is 6.07. The maximum absolute atomic E-state index is 13.0. The average molecular weight is 452 g/mol. The van der Waals surface area contributed by atoms with E-state index in [1.54, 1.807) is 18.4 Å². The zero-order valence-corrected chi connectivity index (χ0v) is 18.9. The molecule has 2 amide bonds. The van der Waals surface area contributed by atoms with E-state index in [0.717, 1.165) is 21.8 Å². The molecule has 1 aliphatic rings. The van der Waals surface area contributed by atoms with E-state index in [9.17, 15) is 9.59 Å². The molecule has 0 bridgehead atoms. The molecule has 8 heteroatoms. The molecule has 0 saturated heterocycles. The van der Waals surface area contributed by atoms with Crippen molar-refractivity contribution < 1.29 is 19.1 Å². The number of anilines is 1. The quantitative estimate of drug-likeness (QED) is 0.528. The predicted molar refractivity (Wildman–Crippen MR) is 125 cm³/mol. The number of amides is 2. The number of benzene rings is 2. The van der Waals surface area contributed by atoms with Crippen LogP contribution in [-0.2, 0) is 14.3 Å². The fourth-order valence-electron chi connectivity index (χ4n) is 3.52. The standard InChI is InChI=1S/C24H25N3O4S/c1-3-20-24(29)27(14-22(28)25-11-12-30-2)19-13-17(9-10-21(19)31-20)18-15-32-23(26-18)16-7-5-4-6-8-16/h4-10,13,15,20H,3,11-12,14H2,1-2H3,(H,25,28). The Morgan fingerprint density at radius 2 is 2.03 bits per heavy atom. The molecule has 4 rings (SSSR count). The highest BCUT2D eigenvalue weighted by Gasteiger charge is 2.34. The van der Waals surface area contributed by atoms with Gasteiger partial charge >= 0.3 is 0 Å². The Bertz CT molecular complexity index is 1100. The van der Waals surface area contributed by atoms with Crippen LogP contribution in [0.25, 0.3) is 21.8 Å². The van der Waals surface area contributed by atoms with Gasteiger partial charge in [-0.15, -0.1) is 11.3 Å². The van der Waals surface area contributed by atoms with Crippen molar-refractivity contribution in [1.82, 2.24) is 10.3 Å². The Labute approximate surface area is 191 Å². The van der Waals surface area contributed by atoms with E-state index in [-0.39, 0.29) is 18.4 Å². The van der Waals surface area contributed by atoms with Crippen LogP contribution >= 0.6 is 11.3 Å². The Kier molecular flexibility index (Phi) is 6.82. The third-order valence-electron chi connectivity index (χ3n) is 5.18. The van der Waals surface area contributed by atoms with Crippen LogP contribution in [0.15, 0.2) is 53.9 Å². The number of ether oxygens (including phenoxy) is 2. The van der Waals surface area contributed by atoms with E-state index in [1.807, 2.05) is 60.8 Å². The number of methoxy groups -OCH3 is 1. The second-order valence-electron chi connectivity index (χ2n) is 7.37. The van der Waals surface area contributed by atoms with Gasteiger partial charge in [0.15, 0.2) is 6.10 Å². The summed E-state index contributed by atoms with van der Waals surface area (Å²) < 4.78 is 10.9. The van der Waals surface area contributed by atoms with Gasteiger partial charge in [0.2, 0.25) is 5.91 Å². The summed E-state index contributed by atoms with van der Waals surface area (Å²) in [6.45, 7) is 2.61. The van der Waals surface area contributed by atoms with Crippen molar-refractivity contribution in [3.63, 3.8) is 0 Å². The maximum Gasteiger partial charge on any atom is 0.268 e. The Morgan fingerprint density at radius 1 is 1.22 bits per heavy atom. The van der Waals surface area contributed by atoms with Crippen molar-refractivity contribution in [2.24, 2.45) is 0 Å². The monoisotopic (exact) mass is 451 g/mol. The highest BCUT2D eigenvalue weighted by molar-refractivity contribution is 7.13. The van der Waals surface area contributed by atoms with Gasteiger partial charge in [-0.25, -0.2) is 4.98 Å². The van der Waals surface area contributed by atoms with E-state index < -0.39 is 6.10 Å². The van der Waals surface area contributed by atoms with Crippen LogP contribution in [0.2, 0.25) is 0 Å². The van der Waals surface area contributed by atoms with Gasteiger partial charge in [-0.3, -0.25) is 14.5 Å². The van der Waals surface area contributed by atoms with Gasteiger partial charge in [-0.05, 0) is 24.6 Å². The van der Waals surface area contributed by atoms with Gasteiger partial charge in [0.05, 0.1) is 18.0 Å². The van der Waals surface area contributed by atoms with Crippen LogP contribution < -0.4 is 15.0 Å². The van der Waals surface area contributed by atoms with E-state index in [4.69, 9.17) is 14.5 Å². The van der Waals surface area contributed by atoms with E-state index in [0.29, 0.717) is 31.0 Å². The first-order valence-electron chi connectivity index (χ1n) is 10.5. The van der Waals surface area contributed by atoms with Crippen molar-refractivity contribution in [3.8, 4) is 27.6 Å². The summed E-state index contributed by atoms with van der Waals surface area (Å²) in [4.78, 5) is 31.7. The normalized spacial score (nSPS) is 15.2. The first kappa shape index (κ1) is 22.0. The maximum atomic E-state index is 13.0. The molecule has 0 aliphatic carbocycles. The highest BCUT2D eigenvalue weighted by Crippen LogP contribution is 2.39. The Hall–Kier alpha value is -3.23. The molecule has 1 N–H and O–H groups in total. The van der Waals surface area contributed by atoms with Crippen molar-refractivity contribution in [3.05, 3.63) is 53.9 Å². The summed E-state index contributed by atoms with van der Waals surface area (Å²) in [7, 11) is 1.57. The lowest BCUT2D eigenvalue weighted by molar-refractivity contribution is -0.129. The number of aromatic nitrogens is 1. The van der Waals surface area contributed by atoms with E-state index in [2.05, 4.69) is 5.32 Å². The summed E-state index contributed by atoms with van der Waals surface area (Å²) in [6, 6.07) is 15.6. The zero-order valence-electron chi connectivity index (χ0n) is 18.0. The summed E-state index contributed by atoms with van der Waals surface area (Å²) >= 11 is 1.56. The Balaban J connectivity index is 1.63. The number of fused-ring (bicyclic) bond motifs is 1. The molecule has 0 spiro atoms. The molecular formula is C24H25N3O4S. The molecular weight excluding hydrogens is 426 g/mol. The second kappa shape index (κ2) is 9.93. The molecule has 1 aliphatic heterocycles. The zero-order chi connectivity index (χ0) is 22.5. The summed E-state index contributed by atoms with van der Waals surface area (Å²) in [6.07, 6.45) is -0.0852. The summed E-state index contributed by atoms with van der Waals surface area (Å²) in [5.74, 6) is 0.120. The van der Waals surface area contributed by atoms with E-state index in [1.165, 1.54) is 4.90 Å². The molecule has 2 aromatic carbocycles. The average Bonchev–Trinajstić information content (AvgIpc) is 3.31. The van der Waals surface area contributed by atoms with Crippen molar-refractivity contribution in [2.45, 2.75) is 19.4 Å². The Morgan fingerprint density at radius 3 is 2.78 bits per heavy atom. The number of hydrogen-bond donors (Lipinski definition) is 1. The number of nitrogens with one attached hydrogen (secondary N) is 1. The van der Waals surface area contributed by atoms with Crippen molar-refractivity contribution in [1.29, 1.82) is 0 Å². The van der Waals surface area contributed by atoms with Gasteiger partial charge in [0.1, 0.15) is 17.3 Å². The van der Waals surface area contributed by atoms with Crippen molar-refractivity contribution >= 4 is 28.8 Å². The molecule has 1 aromatic heterocycles. The van der Waals surface area contributed by atoms with Gasteiger partial charge < -0.3 is 14.8 Å². The fourth-order valence-corrected chi connectivity index (χ4v) is 4.35. The number of carbonyl (C=O) groups excluding carboxylic acids is 2. The van der Waals surface area contributed by atoms with Crippen LogP contribution in [0, 0.1) is 0 Å². The lowest BCUT2D eigenvalue weighted by Gasteiger charge is -2.34. The van der Waals surface area contributed by atoms with Crippen LogP contribution in [0.4, 0.5) is 5.69 Å². The molecule has 3 aromatic rings.